The van der Waals surface area contributed by atoms with Crippen LogP contribution in [0.2, 0.25) is 0 Å². The lowest BCUT2D eigenvalue weighted by atomic mass is 10.1. The molecule has 1 heterocycles. The van der Waals surface area contributed by atoms with Crippen LogP contribution in [-0.2, 0) is 4.74 Å². The van der Waals surface area contributed by atoms with Gasteiger partial charge in [0, 0.05) is 22.5 Å². The van der Waals surface area contributed by atoms with Gasteiger partial charge in [0.15, 0.2) is 0 Å². The topological polar surface area (TPSA) is 77.8 Å². The van der Waals surface area contributed by atoms with Crippen LogP contribution in [0, 0.1) is 0 Å². The van der Waals surface area contributed by atoms with Gasteiger partial charge in [-0.15, -0.1) is 0 Å². The monoisotopic (exact) mass is 299 g/mol. The molecule has 0 atom stereocenters. The molecule has 1 amide bonds. The van der Waals surface area contributed by atoms with Crippen LogP contribution in [0.5, 0.6) is 5.75 Å². The van der Waals surface area contributed by atoms with E-state index >= 15 is 0 Å². The Labute approximate surface area is 125 Å². The Morgan fingerprint density at radius 1 is 1.05 bits per heavy atom. The molecule has 0 bridgehead atoms. The smallest absolute Gasteiger partial charge is 0.411 e. The minimum absolute atomic E-state index is 0.386. The van der Waals surface area contributed by atoms with Crippen LogP contribution in [0.25, 0.3) is 21.7 Å². The van der Waals surface area contributed by atoms with E-state index in [2.05, 4.69) is 10.1 Å². The SMILES string of the molecule is COC(=O)Nc1ccc2c(c1)oc(=O)c1cc(OC)ccc12. The van der Waals surface area contributed by atoms with E-state index < -0.39 is 11.7 Å². The molecule has 1 N–H and O–H groups in total. The van der Waals surface area contributed by atoms with Crippen LogP contribution in [0.3, 0.4) is 0 Å². The molecule has 0 saturated heterocycles. The molecule has 2 aromatic carbocycles. The third-order valence-electron chi connectivity index (χ3n) is 3.35. The standard InChI is InChI=1S/C16H13NO5/c1-20-10-4-6-11-12-5-3-9(17-16(19)21-2)7-14(12)22-15(18)13(11)8-10/h3-8H,1-2H3,(H,17,19). The van der Waals surface area contributed by atoms with Crippen molar-refractivity contribution in [1.29, 1.82) is 0 Å². The van der Waals surface area contributed by atoms with Crippen molar-refractivity contribution in [1.82, 2.24) is 0 Å². The largest absolute Gasteiger partial charge is 0.497 e. The fourth-order valence-electron chi connectivity index (χ4n) is 2.28. The molecule has 0 aliphatic rings. The molecule has 0 aliphatic carbocycles. The van der Waals surface area contributed by atoms with E-state index in [-0.39, 0.29) is 0 Å². The van der Waals surface area contributed by atoms with E-state index in [9.17, 15) is 9.59 Å². The van der Waals surface area contributed by atoms with Crippen molar-refractivity contribution in [2.45, 2.75) is 0 Å². The van der Waals surface area contributed by atoms with Crippen molar-refractivity contribution >= 4 is 33.5 Å². The Balaban J connectivity index is 2.21. The lowest BCUT2D eigenvalue weighted by molar-refractivity contribution is 0.187. The molecule has 112 valence electrons. The molecule has 0 aliphatic heterocycles. The number of rotatable bonds is 2. The van der Waals surface area contributed by atoms with Crippen molar-refractivity contribution in [3.63, 3.8) is 0 Å². The van der Waals surface area contributed by atoms with Gasteiger partial charge in [-0.25, -0.2) is 9.59 Å². The maximum atomic E-state index is 12.1. The van der Waals surface area contributed by atoms with Crippen molar-refractivity contribution in [2.75, 3.05) is 19.5 Å². The summed E-state index contributed by atoms with van der Waals surface area (Å²) in [7, 11) is 2.81. The third kappa shape index (κ3) is 2.35. The number of hydrogen-bond acceptors (Lipinski definition) is 5. The van der Waals surface area contributed by atoms with Gasteiger partial charge >= 0.3 is 11.7 Å². The van der Waals surface area contributed by atoms with Crippen LogP contribution in [0.15, 0.2) is 45.6 Å². The van der Waals surface area contributed by atoms with Crippen LogP contribution in [0.1, 0.15) is 0 Å². The molecule has 0 fully saturated rings. The van der Waals surface area contributed by atoms with E-state index in [1.165, 1.54) is 14.2 Å². The third-order valence-corrected chi connectivity index (χ3v) is 3.35. The van der Waals surface area contributed by atoms with Gasteiger partial charge in [0.25, 0.3) is 0 Å². The molecular weight excluding hydrogens is 286 g/mol. The Morgan fingerprint density at radius 3 is 2.55 bits per heavy atom. The highest BCUT2D eigenvalue weighted by Crippen LogP contribution is 2.27. The van der Waals surface area contributed by atoms with E-state index in [1.54, 1.807) is 36.4 Å². The van der Waals surface area contributed by atoms with E-state index in [0.29, 0.717) is 22.4 Å². The highest BCUT2D eigenvalue weighted by Gasteiger charge is 2.10. The fraction of sp³-hybridized carbons (Fsp3) is 0.125. The summed E-state index contributed by atoms with van der Waals surface area (Å²) in [5.41, 5.74) is 0.406. The maximum Gasteiger partial charge on any atom is 0.411 e. The zero-order chi connectivity index (χ0) is 15.7. The van der Waals surface area contributed by atoms with Crippen molar-refractivity contribution < 1.29 is 18.7 Å². The number of anilines is 1. The summed E-state index contributed by atoms with van der Waals surface area (Å²) < 4.78 is 15.0. The number of methoxy groups -OCH3 is 2. The molecular formula is C16H13NO5. The first-order valence-electron chi connectivity index (χ1n) is 6.52. The van der Waals surface area contributed by atoms with Gasteiger partial charge in [-0.2, -0.15) is 0 Å². The molecule has 6 nitrogen and oxygen atoms in total. The zero-order valence-corrected chi connectivity index (χ0v) is 12.0. The number of carbonyl (C=O) groups is 1. The summed E-state index contributed by atoms with van der Waals surface area (Å²) in [6.45, 7) is 0. The number of amides is 1. The molecule has 0 unspecified atom stereocenters. The van der Waals surface area contributed by atoms with Gasteiger partial charge in [-0.3, -0.25) is 5.32 Å². The Hall–Kier alpha value is -3.02. The van der Waals surface area contributed by atoms with Gasteiger partial charge in [-0.1, -0.05) is 0 Å². The van der Waals surface area contributed by atoms with Crippen LogP contribution in [-0.4, -0.2) is 20.3 Å². The van der Waals surface area contributed by atoms with Gasteiger partial charge < -0.3 is 13.9 Å². The number of ether oxygens (including phenoxy) is 2. The molecule has 0 spiro atoms. The minimum atomic E-state index is -0.591. The van der Waals surface area contributed by atoms with Crippen molar-refractivity contribution in [3.8, 4) is 5.75 Å². The predicted octanol–water partition coefficient (Wildman–Crippen LogP) is 3.13. The molecule has 6 heteroatoms. The van der Waals surface area contributed by atoms with Crippen molar-refractivity contribution in [2.24, 2.45) is 0 Å². The summed E-state index contributed by atoms with van der Waals surface area (Å²) in [5.74, 6) is 0.586. The second-order valence-corrected chi connectivity index (χ2v) is 4.63. The van der Waals surface area contributed by atoms with Crippen molar-refractivity contribution in [3.05, 3.63) is 46.8 Å². The highest BCUT2D eigenvalue weighted by molar-refractivity contribution is 6.05. The number of nitrogens with one attached hydrogen (secondary N) is 1. The molecule has 3 aromatic rings. The van der Waals surface area contributed by atoms with Gasteiger partial charge in [-0.05, 0) is 30.3 Å². The summed E-state index contributed by atoms with van der Waals surface area (Å²) in [6.07, 6.45) is -0.591. The maximum absolute atomic E-state index is 12.1. The fourth-order valence-corrected chi connectivity index (χ4v) is 2.28. The normalized spacial score (nSPS) is 10.6. The Bertz CT molecular complexity index is 929. The average molecular weight is 299 g/mol. The second-order valence-electron chi connectivity index (χ2n) is 4.63. The average Bonchev–Trinajstić information content (AvgIpc) is 2.54. The number of benzene rings is 2. The molecule has 22 heavy (non-hydrogen) atoms. The lowest BCUT2D eigenvalue weighted by Gasteiger charge is -2.07. The first-order valence-corrected chi connectivity index (χ1v) is 6.52. The van der Waals surface area contributed by atoms with Gasteiger partial charge in [0.05, 0.1) is 19.6 Å². The van der Waals surface area contributed by atoms with Crippen LogP contribution in [0.4, 0.5) is 10.5 Å². The summed E-state index contributed by atoms with van der Waals surface area (Å²) in [4.78, 5) is 23.3. The molecule has 3 rings (SSSR count). The van der Waals surface area contributed by atoms with Crippen LogP contribution >= 0.6 is 0 Å². The quantitative estimate of drug-likeness (QED) is 0.581. The highest BCUT2D eigenvalue weighted by atomic mass is 16.5. The first-order chi connectivity index (χ1) is 10.6. The lowest BCUT2D eigenvalue weighted by Crippen LogP contribution is -2.10. The predicted molar refractivity (Wildman–Crippen MR) is 82.6 cm³/mol. The Morgan fingerprint density at radius 2 is 1.82 bits per heavy atom. The van der Waals surface area contributed by atoms with Gasteiger partial charge in [0.1, 0.15) is 11.3 Å². The number of fused-ring (bicyclic) bond motifs is 3. The molecule has 0 saturated carbocycles. The second kappa shape index (κ2) is 5.40. The van der Waals surface area contributed by atoms with E-state index in [1.807, 2.05) is 0 Å². The summed E-state index contributed by atoms with van der Waals surface area (Å²) in [5, 5.41) is 4.50. The summed E-state index contributed by atoms with van der Waals surface area (Å²) in [6, 6.07) is 10.3. The first kappa shape index (κ1) is 13.9. The summed E-state index contributed by atoms with van der Waals surface area (Å²) >= 11 is 0. The molecule has 0 radical (unpaired) electrons. The molecule has 1 aromatic heterocycles. The van der Waals surface area contributed by atoms with Gasteiger partial charge in [0.2, 0.25) is 0 Å². The van der Waals surface area contributed by atoms with Crippen LogP contribution < -0.4 is 15.7 Å². The van der Waals surface area contributed by atoms with E-state index in [0.717, 1.165) is 10.8 Å². The minimum Gasteiger partial charge on any atom is -0.497 e. The zero-order valence-electron chi connectivity index (χ0n) is 12.0. The Kier molecular flexibility index (Phi) is 3.42. The number of carbonyl (C=O) groups excluding carboxylic acids is 1. The van der Waals surface area contributed by atoms with E-state index in [4.69, 9.17) is 9.15 Å². The number of hydrogen-bond donors (Lipinski definition) is 1.